The maximum Gasteiger partial charge on any atom is 0.337 e. The number of ether oxygens (including phenoxy) is 4. The third-order valence-electron chi connectivity index (χ3n) is 6.33. The summed E-state index contributed by atoms with van der Waals surface area (Å²) in [5, 5.41) is 20.6. The molecule has 0 bridgehead atoms. The van der Waals surface area contributed by atoms with Crippen molar-refractivity contribution in [3.63, 3.8) is 0 Å². The predicted molar refractivity (Wildman–Crippen MR) is 161 cm³/mol. The molecule has 3 aromatic carbocycles. The fourth-order valence-corrected chi connectivity index (χ4v) is 4.40. The Labute approximate surface area is 254 Å². The fraction of sp³-hybridized carbons (Fsp3) is 0.258. The van der Waals surface area contributed by atoms with Crippen LogP contribution in [-0.2, 0) is 16.1 Å². The number of nitrogens with one attached hydrogen (secondary N) is 3. The van der Waals surface area contributed by atoms with Crippen LogP contribution in [0.15, 0.2) is 83.1 Å². The number of amides is 2. The quantitative estimate of drug-likeness (QED) is 0.0967. The zero-order valence-corrected chi connectivity index (χ0v) is 24.7. The van der Waals surface area contributed by atoms with Gasteiger partial charge in [0.2, 0.25) is 0 Å². The van der Waals surface area contributed by atoms with Gasteiger partial charge in [0.05, 0.1) is 31.5 Å². The van der Waals surface area contributed by atoms with Gasteiger partial charge in [0.15, 0.2) is 17.7 Å². The molecule has 1 heterocycles. The van der Waals surface area contributed by atoms with Crippen molar-refractivity contribution in [2.75, 3.05) is 20.3 Å². The Hall–Kier alpha value is -4.74. The summed E-state index contributed by atoms with van der Waals surface area (Å²) in [6, 6.07) is 18.6. The maximum absolute atomic E-state index is 12.4. The normalized spacial score (nSPS) is 15.4. The molecule has 0 aromatic heterocycles. The number of nitrogens with zero attached hydrogens (tertiary/aromatic N) is 1. The van der Waals surface area contributed by atoms with Crippen molar-refractivity contribution in [1.82, 2.24) is 16.1 Å². The number of rotatable bonds is 13. The number of aliphatic hydroxyl groups is 1. The minimum atomic E-state index is -1.15. The number of esters is 1. The number of hydrogen-bond acceptors (Lipinski definition) is 9. The van der Waals surface area contributed by atoms with Crippen LogP contribution in [0, 0.1) is 0 Å². The predicted octanol–water partition coefficient (Wildman–Crippen LogP) is 4.44. The molecule has 0 spiro atoms. The van der Waals surface area contributed by atoms with E-state index in [1.807, 2.05) is 43.3 Å². The van der Waals surface area contributed by atoms with Crippen molar-refractivity contribution in [2.24, 2.45) is 5.10 Å². The molecule has 3 aromatic rings. The summed E-state index contributed by atoms with van der Waals surface area (Å²) in [4.78, 5) is 24.6. The van der Waals surface area contributed by atoms with Gasteiger partial charge in [0, 0.05) is 16.3 Å². The lowest BCUT2D eigenvalue weighted by atomic mass is 9.95. The van der Waals surface area contributed by atoms with Gasteiger partial charge >= 0.3 is 12.0 Å². The molecule has 43 heavy (non-hydrogen) atoms. The summed E-state index contributed by atoms with van der Waals surface area (Å²) in [6.45, 7) is 3.98. The number of halogens is 1. The van der Waals surface area contributed by atoms with E-state index >= 15 is 0 Å². The summed E-state index contributed by atoms with van der Waals surface area (Å²) in [6.07, 6.45) is 0.399. The van der Waals surface area contributed by atoms with E-state index in [9.17, 15) is 14.7 Å². The zero-order valence-electron chi connectivity index (χ0n) is 23.9. The lowest BCUT2D eigenvalue weighted by Crippen LogP contribution is -2.45. The lowest BCUT2D eigenvalue weighted by Gasteiger charge is -2.28. The van der Waals surface area contributed by atoms with E-state index in [0.29, 0.717) is 52.3 Å². The van der Waals surface area contributed by atoms with E-state index in [-0.39, 0.29) is 12.2 Å². The van der Waals surface area contributed by atoms with Crippen molar-refractivity contribution < 1.29 is 33.6 Å². The number of hydrazone groups is 1. The first-order valence-electron chi connectivity index (χ1n) is 13.5. The highest BCUT2D eigenvalue weighted by Crippen LogP contribution is 2.35. The molecule has 2 atom stereocenters. The minimum absolute atomic E-state index is 0.151. The fourth-order valence-electron chi connectivity index (χ4n) is 4.28. The van der Waals surface area contributed by atoms with Gasteiger partial charge in [-0.05, 0) is 61.4 Å². The molecule has 0 radical (unpaired) electrons. The topological polar surface area (TPSA) is 140 Å². The summed E-state index contributed by atoms with van der Waals surface area (Å²) in [5.41, 5.74) is 5.57. The van der Waals surface area contributed by atoms with E-state index in [2.05, 4.69) is 21.2 Å². The Morgan fingerprint density at radius 3 is 2.58 bits per heavy atom. The number of aliphatic hydroxyl groups excluding tert-OH is 1. The largest absolute Gasteiger partial charge is 0.490 e. The van der Waals surface area contributed by atoms with Crippen LogP contribution < -0.4 is 30.3 Å². The van der Waals surface area contributed by atoms with Crippen molar-refractivity contribution in [2.45, 2.75) is 32.7 Å². The number of carbonyl (C=O) groups excluding carboxylic acids is 2. The molecule has 12 heteroatoms. The summed E-state index contributed by atoms with van der Waals surface area (Å²) >= 11 is 5.95. The Morgan fingerprint density at radius 2 is 1.84 bits per heavy atom. The molecule has 11 nitrogen and oxygen atoms in total. The van der Waals surface area contributed by atoms with E-state index in [4.69, 9.17) is 30.5 Å². The number of para-hydroxylation sites is 1. The zero-order chi connectivity index (χ0) is 30.8. The van der Waals surface area contributed by atoms with E-state index < -0.39 is 24.3 Å². The Balaban J connectivity index is 1.38. The molecule has 0 aliphatic carbocycles. The second-order valence-corrected chi connectivity index (χ2v) is 9.80. The first kappa shape index (κ1) is 31.2. The van der Waals surface area contributed by atoms with Crippen molar-refractivity contribution in [3.05, 3.63) is 99.7 Å². The number of hydrogen-bond donors (Lipinski definition) is 4. The number of benzene rings is 3. The van der Waals surface area contributed by atoms with Gasteiger partial charge < -0.3 is 34.7 Å². The van der Waals surface area contributed by atoms with Crippen LogP contribution in [0.1, 0.15) is 36.6 Å². The van der Waals surface area contributed by atoms with Gasteiger partial charge in [-0.1, -0.05) is 41.9 Å². The highest BCUT2D eigenvalue weighted by Gasteiger charge is 2.32. The molecule has 4 rings (SSSR count). The second kappa shape index (κ2) is 14.9. The number of carbonyl (C=O) groups is 2. The molecule has 0 saturated carbocycles. The molecule has 0 fully saturated rings. The van der Waals surface area contributed by atoms with Gasteiger partial charge in [-0.15, -0.1) is 0 Å². The van der Waals surface area contributed by atoms with Crippen molar-refractivity contribution in [1.29, 1.82) is 0 Å². The van der Waals surface area contributed by atoms with E-state index in [1.54, 1.807) is 43.5 Å². The first-order valence-corrected chi connectivity index (χ1v) is 13.9. The number of methoxy groups -OCH3 is 1. The third kappa shape index (κ3) is 8.40. The molecular formula is C31H33ClN4O7. The second-order valence-electron chi connectivity index (χ2n) is 9.37. The van der Waals surface area contributed by atoms with Crippen molar-refractivity contribution >= 4 is 29.8 Å². The van der Waals surface area contributed by atoms with E-state index in [1.165, 1.54) is 7.11 Å². The van der Waals surface area contributed by atoms with Crippen LogP contribution in [-0.4, -0.2) is 49.9 Å². The minimum Gasteiger partial charge on any atom is -0.490 e. The Bertz CT molecular complexity index is 1490. The van der Waals surface area contributed by atoms with Crippen LogP contribution in [0.25, 0.3) is 0 Å². The van der Waals surface area contributed by atoms with Gasteiger partial charge in [-0.25, -0.2) is 9.59 Å². The Kier molecular flexibility index (Phi) is 10.8. The molecule has 1 aliphatic rings. The molecule has 226 valence electrons. The Morgan fingerprint density at radius 1 is 1.07 bits per heavy atom. The third-order valence-corrected chi connectivity index (χ3v) is 6.58. The van der Waals surface area contributed by atoms with Gasteiger partial charge in [-0.3, -0.25) is 5.43 Å². The SMILES string of the molecule is CCOc1cc([C@@H]2NC(=O)NC(C)=C2C(=O)OC)ccc1OC[C@@H](O)N/N=C/c1ccccc1OCc1ccc(Cl)cc1. The van der Waals surface area contributed by atoms with Crippen LogP contribution >= 0.6 is 11.6 Å². The molecule has 0 unspecified atom stereocenters. The smallest absolute Gasteiger partial charge is 0.337 e. The van der Waals surface area contributed by atoms with E-state index in [0.717, 1.165) is 5.56 Å². The monoisotopic (exact) mass is 608 g/mol. The lowest BCUT2D eigenvalue weighted by molar-refractivity contribution is -0.136. The standard InChI is InChI=1S/C31H33ClN4O7/c1-4-41-26-15-21(29-28(30(38)40-3)19(2)34-31(39)35-29)11-14-25(26)43-18-27(37)36-33-16-22-7-5-6-8-24(22)42-17-20-9-12-23(32)13-10-20/h5-16,27,29,36-37H,4,17-18H2,1-3H3,(H2,34,35,39)/b33-16+/t27-,29+/m1/s1. The average molecular weight is 609 g/mol. The van der Waals surface area contributed by atoms with Crippen LogP contribution in [0.2, 0.25) is 5.02 Å². The number of urea groups is 1. The van der Waals surface area contributed by atoms with Gasteiger partial charge in [0.25, 0.3) is 0 Å². The van der Waals surface area contributed by atoms with Gasteiger partial charge in [-0.2, -0.15) is 5.10 Å². The average Bonchev–Trinajstić information content (AvgIpc) is 3.00. The van der Waals surface area contributed by atoms with Crippen molar-refractivity contribution in [3.8, 4) is 17.2 Å². The maximum atomic E-state index is 12.4. The van der Waals surface area contributed by atoms with Crippen LogP contribution in [0.5, 0.6) is 17.2 Å². The molecule has 4 N–H and O–H groups in total. The van der Waals surface area contributed by atoms with Crippen LogP contribution in [0.4, 0.5) is 4.79 Å². The molecular weight excluding hydrogens is 576 g/mol. The molecule has 0 saturated heterocycles. The first-order chi connectivity index (χ1) is 20.8. The summed E-state index contributed by atoms with van der Waals surface area (Å²) in [5.74, 6) is 0.786. The summed E-state index contributed by atoms with van der Waals surface area (Å²) < 4.78 is 22.4. The summed E-state index contributed by atoms with van der Waals surface area (Å²) in [7, 11) is 1.28. The number of allylic oxidation sites excluding steroid dienone is 1. The highest BCUT2D eigenvalue weighted by molar-refractivity contribution is 6.30. The molecule has 1 aliphatic heterocycles. The van der Waals surface area contributed by atoms with Gasteiger partial charge in [0.1, 0.15) is 19.0 Å². The highest BCUT2D eigenvalue weighted by atomic mass is 35.5. The van der Waals surface area contributed by atoms with Crippen LogP contribution in [0.3, 0.4) is 0 Å². The molecule has 2 amide bonds.